The van der Waals surface area contributed by atoms with Crippen LogP contribution in [0.25, 0.3) is 0 Å². The molecule has 2 rings (SSSR count). The summed E-state index contributed by atoms with van der Waals surface area (Å²) in [6.45, 7) is 8.84. The molecule has 0 radical (unpaired) electrons. The number of nitrogens with two attached hydrogens (primary N) is 1. The summed E-state index contributed by atoms with van der Waals surface area (Å²) in [5.41, 5.74) is 9.06. The van der Waals surface area contributed by atoms with E-state index in [0.29, 0.717) is 5.41 Å². The number of ether oxygens (including phenoxy) is 1. The normalized spacial score (nSPS) is 26.9. The molecule has 2 unspecified atom stereocenters. The van der Waals surface area contributed by atoms with Crippen LogP contribution in [0.4, 0.5) is 0 Å². The minimum absolute atomic E-state index is 0.147. The number of rotatable bonds is 2. The van der Waals surface area contributed by atoms with Gasteiger partial charge in [-0.25, -0.2) is 0 Å². The molecule has 1 aromatic carbocycles. The lowest BCUT2D eigenvalue weighted by Gasteiger charge is -2.39. The molecular formula is C16H25NO. The molecule has 1 saturated carbocycles. The molecule has 0 saturated heterocycles. The maximum atomic E-state index is 6.21. The van der Waals surface area contributed by atoms with Crippen molar-refractivity contribution in [1.29, 1.82) is 0 Å². The smallest absolute Gasteiger partial charge is 0.122 e. The molecule has 1 aromatic rings. The first-order chi connectivity index (χ1) is 8.39. The van der Waals surface area contributed by atoms with E-state index in [0.717, 1.165) is 18.6 Å². The third-order valence-electron chi connectivity index (χ3n) is 4.22. The Morgan fingerprint density at radius 3 is 2.72 bits per heavy atom. The fourth-order valence-corrected chi connectivity index (χ4v) is 2.69. The van der Waals surface area contributed by atoms with Crippen molar-refractivity contribution in [3.63, 3.8) is 0 Å². The Morgan fingerprint density at radius 2 is 2.00 bits per heavy atom. The van der Waals surface area contributed by atoms with Crippen LogP contribution in [0.2, 0.25) is 0 Å². The molecule has 1 fully saturated rings. The SMILES string of the molecule is Cc1cccc(OC2CC(C)(C)CCC2N)c1C. The van der Waals surface area contributed by atoms with E-state index in [-0.39, 0.29) is 12.1 Å². The minimum atomic E-state index is 0.147. The van der Waals surface area contributed by atoms with Crippen LogP contribution in [-0.4, -0.2) is 12.1 Å². The second-order valence-electron chi connectivity index (χ2n) is 6.43. The number of hydrogen-bond acceptors (Lipinski definition) is 2. The molecule has 0 spiro atoms. The lowest BCUT2D eigenvalue weighted by atomic mass is 9.74. The van der Waals surface area contributed by atoms with Crippen molar-refractivity contribution < 1.29 is 4.74 Å². The third-order valence-corrected chi connectivity index (χ3v) is 4.22. The summed E-state index contributed by atoms with van der Waals surface area (Å²) in [4.78, 5) is 0. The van der Waals surface area contributed by atoms with E-state index < -0.39 is 0 Å². The standard InChI is InChI=1S/C16H25NO/c1-11-6-5-7-14(12(11)2)18-15-10-16(3,4)9-8-13(15)17/h5-7,13,15H,8-10,17H2,1-4H3. The summed E-state index contributed by atoms with van der Waals surface area (Å²) in [5.74, 6) is 0.994. The monoisotopic (exact) mass is 247 g/mol. The quantitative estimate of drug-likeness (QED) is 0.867. The van der Waals surface area contributed by atoms with Crippen LogP contribution in [0, 0.1) is 19.3 Å². The summed E-state index contributed by atoms with van der Waals surface area (Å²) in [6, 6.07) is 6.39. The highest BCUT2D eigenvalue weighted by Gasteiger charge is 2.34. The van der Waals surface area contributed by atoms with Crippen LogP contribution >= 0.6 is 0 Å². The van der Waals surface area contributed by atoms with Crippen LogP contribution in [0.5, 0.6) is 5.75 Å². The first kappa shape index (κ1) is 13.4. The summed E-state index contributed by atoms with van der Waals surface area (Å²) in [6.07, 6.45) is 3.44. The molecule has 2 heteroatoms. The lowest BCUT2D eigenvalue weighted by molar-refractivity contribution is 0.0663. The summed E-state index contributed by atoms with van der Waals surface area (Å²) in [5, 5.41) is 0. The van der Waals surface area contributed by atoms with Gasteiger partial charge in [-0.05, 0) is 55.7 Å². The molecular weight excluding hydrogens is 222 g/mol. The molecule has 0 aliphatic heterocycles. The van der Waals surface area contributed by atoms with Crippen molar-refractivity contribution >= 4 is 0 Å². The van der Waals surface area contributed by atoms with Gasteiger partial charge in [-0.15, -0.1) is 0 Å². The zero-order valence-corrected chi connectivity index (χ0v) is 12.0. The highest BCUT2D eigenvalue weighted by atomic mass is 16.5. The topological polar surface area (TPSA) is 35.2 Å². The zero-order chi connectivity index (χ0) is 13.3. The predicted molar refractivity (Wildman–Crippen MR) is 75.9 cm³/mol. The Morgan fingerprint density at radius 1 is 1.28 bits per heavy atom. The highest BCUT2D eigenvalue weighted by molar-refractivity contribution is 5.38. The Hall–Kier alpha value is -1.02. The van der Waals surface area contributed by atoms with Crippen molar-refractivity contribution in [2.24, 2.45) is 11.1 Å². The summed E-state index contributed by atoms with van der Waals surface area (Å²) in [7, 11) is 0. The van der Waals surface area contributed by atoms with Gasteiger partial charge in [0.2, 0.25) is 0 Å². The fraction of sp³-hybridized carbons (Fsp3) is 0.625. The molecule has 0 aromatic heterocycles. The Kier molecular flexibility index (Phi) is 3.67. The summed E-state index contributed by atoms with van der Waals surface area (Å²) < 4.78 is 6.19. The van der Waals surface area contributed by atoms with Gasteiger partial charge >= 0.3 is 0 Å². The van der Waals surface area contributed by atoms with E-state index in [9.17, 15) is 0 Å². The van der Waals surface area contributed by atoms with Gasteiger partial charge in [-0.2, -0.15) is 0 Å². The molecule has 0 bridgehead atoms. The largest absolute Gasteiger partial charge is 0.489 e. The van der Waals surface area contributed by atoms with E-state index >= 15 is 0 Å². The van der Waals surface area contributed by atoms with Crippen LogP contribution in [-0.2, 0) is 0 Å². The predicted octanol–water partition coefficient (Wildman–Crippen LogP) is 3.59. The molecule has 1 aliphatic rings. The zero-order valence-electron chi connectivity index (χ0n) is 12.0. The maximum absolute atomic E-state index is 6.21. The molecule has 2 N–H and O–H groups in total. The van der Waals surface area contributed by atoms with Gasteiger partial charge in [0.1, 0.15) is 11.9 Å². The van der Waals surface area contributed by atoms with Crippen molar-refractivity contribution in [2.45, 2.75) is 59.1 Å². The lowest BCUT2D eigenvalue weighted by Crippen LogP contribution is -2.46. The third kappa shape index (κ3) is 2.86. The maximum Gasteiger partial charge on any atom is 0.122 e. The molecule has 0 heterocycles. The molecule has 0 amide bonds. The number of benzene rings is 1. The highest BCUT2D eigenvalue weighted by Crippen LogP contribution is 2.37. The minimum Gasteiger partial charge on any atom is -0.489 e. The van der Waals surface area contributed by atoms with Gasteiger partial charge in [0.15, 0.2) is 0 Å². The van der Waals surface area contributed by atoms with Crippen LogP contribution < -0.4 is 10.5 Å². The van der Waals surface area contributed by atoms with E-state index in [1.54, 1.807) is 0 Å². The van der Waals surface area contributed by atoms with E-state index in [1.807, 2.05) is 0 Å². The van der Waals surface area contributed by atoms with Crippen molar-refractivity contribution in [1.82, 2.24) is 0 Å². The average molecular weight is 247 g/mol. The van der Waals surface area contributed by atoms with Gasteiger partial charge < -0.3 is 10.5 Å². The van der Waals surface area contributed by atoms with Crippen LogP contribution in [0.3, 0.4) is 0 Å². The Bertz CT molecular complexity index is 425. The second-order valence-corrected chi connectivity index (χ2v) is 6.43. The molecule has 2 nitrogen and oxygen atoms in total. The van der Waals surface area contributed by atoms with Crippen LogP contribution in [0.1, 0.15) is 44.2 Å². The van der Waals surface area contributed by atoms with E-state index in [4.69, 9.17) is 10.5 Å². The van der Waals surface area contributed by atoms with Gasteiger partial charge in [0.25, 0.3) is 0 Å². The van der Waals surface area contributed by atoms with Crippen LogP contribution in [0.15, 0.2) is 18.2 Å². The molecule has 2 atom stereocenters. The van der Waals surface area contributed by atoms with Gasteiger partial charge in [0.05, 0.1) is 0 Å². The summed E-state index contributed by atoms with van der Waals surface area (Å²) >= 11 is 0. The first-order valence-electron chi connectivity index (χ1n) is 6.87. The first-order valence-corrected chi connectivity index (χ1v) is 6.87. The van der Waals surface area contributed by atoms with Gasteiger partial charge in [0, 0.05) is 6.04 Å². The molecule has 1 aliphatic carbocycles. The second kappa shape index (κ2) is 4.93. The van der Waals surface area contributed by atoms with Gasteiger partial charge in [-0.3, -0.25) is 0 Å². The Balaban J connectivity index is 2.15. The fourth-order valence-electron chi connectivity index (χ4n) is 2.69. The van der Waals surface area contributed by atoms with Crippen molar-refractivity contribution in [2.75, 3.05) is 0 Å². The Labute approximate surface area is 111 Å². The average Bonchev–Trinajstić information content (AvgIpc) is 2.29. The number of hydrogen-bond donors (Lipinski definition) is 1. The van der Waals surface area contributed by atoms with E-state index in [1.165, 1.54) is 17.5 Å². The van der Waals surface area contributed by atoms with E-state index in [2.05, 4.69) is 45.9 Å². The van der Waals surface area contributed by atoms with Crippen molar-refractivity contribution in [3.8, 4) is 5.75 Å². The van der Waals surface area contributed by atoms with Crippen molar-refractivity contribution in [3.05, 3.63) is 29.3 Å². The number of aryl methyl sites for hydroxylation is 1. The molecule has 18 heavy (non-hydrogen) atoms. The van der Waals surface area contributed by atoms with Gasteiger partial charge in [-0.1, -0.05) is 26.0 Å². The molecule has 100 valence electrons.